The second-order valence-electron chi connectivity index (χ2n) is 5.48. The average Bonchev–Trinajstić information content (AvgIpc) is 2.37. The lowest BCUT2D eigenvalue weighted by Crippen LogP contribution is -2.45. The van der Waals surface area contributed by atoms with E-state index in [-0.39, 0.29) is 5.91 Å². The van der Waals surface area contributed by atoms with E-state index in [9.17, 15) is 14.7 Å². The van der Waals surface area contributed by atoms with Crippen LogP contribution in [0.3, 0.4) is 0 Å². The fourth-order valence-electron chi connectivity index (χ4n) is 2.35. The van der Waals surface area contributed by atoms with Gasteiger partial charge in [0.25, 0.3) is 5.91 Å². The topological polar surface area (TPSA) is 70.5 Å². The number of rotatable bonds is 2. The van der Waals surface area contributed by atoms with Crippen LogP contribution in [-0.4, -0.2) is 40.0 Å². The minimum Gasteiger partial charge on any atom is -0.481 e. The molecule has 0 bridgehead atoms. The van der Waals surface area contributed by atoms with E-state index in [1.54, 1.807) is 30.9 Å². The molecule has 2 rings (SSSR count). The summed E-state index contributed by atoms with van der Waals surface area (Å²) in [6, 6.07) is 3.24. The number of carbonyl (C=O) groups excluding carboxylic acids is 1. The Bertz CT molecular complexity index is 531. The molecular formula is C14H17ClN2O3. The van der Waals surface area contributed by atoms with Gasteiger partial charge >= 0.3 is 5.97 Å². The van der Waals surface area contributed by atoms with Crippen molar-refractivity contribution in [2.45, 2.75) is 26.7 Å². The van der Waals surface area contributed by atoms with Crippen molar-refractivity contribution in [1.29, 1.82) is 0 Å². The van der Waals surface area contributed by atoms with E-state index in [4.69, 9.17) is 11.6 Å². The molecule has 20 heavy (non-hydrogen) atoms. The number of aromatic nitrogens is 1. The number of hydrogen-bond acceptors (Lipinski definition) is 3. The van der Waals surface area contributed by atoms with Crippen LogP contribution < -0.4 is 0 Å². The van der Waals surface area contributed by atoms with E-state index in [1.165, 1.54) is 0 Å². The Kier molecular flexibility index (Phi) is 3.99. The second kappa shape index (κ2) is 5.40. The molecule has 1 saturated heterocycles. The molecule has 1 amide bonds. The summed E-state index contributed by atoms with van der Waals surface area (Å²) in [5.74, 6) is -0.919. The average molecular weight is 297 g/mol. The molecule has 0 radical (unpaired) electrons. The van der Waals surface area contributed by atoms with Crippen molar-refractivity contribution in [3.05, 3.63) is 28.5 Å². The Hall–Kier alpha value is -1.62. The van der Waals surface area contributed by atoms with Gasteiger partial charge in [0, 0.05) is 24.3 Å². The Balaban J connectivity index is 2.10. The van der Waals surface area contributed by atoms with E-state index in [0.29, 0.717) is 42.3 Å². The Morgan fingerprint density at radius 2 is 1.95 bits per heavy atom. The van der Waals surface area contributed by atoms with Gasteiger partial charge in [-0.15, -0.1) is 0 Å². The minimum atomic E-state index is -0.799. The highest BCUT2D eigenvalue weighted by Gasteiger charge is 2.38. The number of aliphatic carboxylic acids is 1. The van der Waals surface area contributed by atoms with E-state index >= 15 is 0 Å². The molecule has 0 saturated carbocycles. The van der Waals surface area contributed by atoms with Crippen molar-refractivity contribution in [1.82, 2.24) is 9.88 Å². The van der Waals surface area contributed by atoms with Crippen LogP contribution in [0, 0.1) is 12.3 Å². The number of likely N-dealkylation sites (tertiary alicyclic amines) is 1. The molecule has 5 nitrogen and oxygen atoms in total. The van der Waals surface area contributed by atoms with E-state index < -0.39 is 11.4 Å². The molecule has 1 aliphatic heterocycles. The molecule has 0 aromatic carbocycles. The van der Waals surface area contributed by atoms with Crippen LogP contribution >= 0.6 is 11.6 Å². The first kappa shape index (κ1) is 14.8. The zero-order chi connectivity index (χ0) is 14.9. The first-order valence-electron chi connectivity index (χ1n) is 6.49. The smallest absolute Gasteiger partial charge is 0.309 e. The summed E-state index contributed by atoms with van der Waals surface area (Å²) in [4.78, 5) is 29.3. The molecule has 108 valence electrons. The van der Waals surface area contributed by atoms with Crippen LogP contribution in [0.25, 0.3) is 0 Å². The third-order valence-electron chi connectivity index (χ3n) is 3.84. The molecule has 6 heteroatoms. The van der Waals surface area contributed by atoms with Crippen LogP contribution in [0.4, 0.5) is 0 Å². The zero-order valence-corrected chi connectivity index (χ0v) is 12.3. The molecule has 1 N–H and O–H groups in total. The van der Waals surface area contributed by atoms with Crippen molar-refractivity contribution < 1.29 is 14.7 Å². The summed E-state index contributed by atoms with van der Waals surface area (Å²) in [7, 11) is 0. The lowest BCUT2D eigenvalue weighted by atomic mass is 9.80. The highest BCUT2D eigenvalue weighted by Crippen LogP contribution is 2.31. The van der Waals surface area contributed by atoms with Gasteiger partial charge in [-0.2, -0.15) is 0 Å². The predicted molar refractivity (Wildman–Crippen MR) is 74.9 cm³/mol. The molecule has 1 fully saturated rings. The van der Waals surface area contributed by atoms with Crippen LogP contribution in [0.1, 0.15) is 35.8 Å². The number of hydrogen-bond donors (Lipinski definition) is 1. The predicted octanol–water partition coefficient (Wildman–Crippen LogP) is 2.37. The fraction of sp³-hybridized carbons (Fsp3) is 0.500. The van der Waals surface area contributed by atoms with Crippen molar-refractivity contribution in [3.63, 3.8) is 0 Å². The van der Waals surface area contributed by atoms with E-state index in [1.807, 2.05) is 0 Å². The summed E-state index contributed by atoms with van der Waals surface area (Å²) in [6.07, 6.45) is 0.928. The number of pyridine rings is 1. The van der Waals surface area contributed by atoms with Gasteiger partial charge in [0.05, 0.1) is 5.41 Å². The molecule has 1 aliphatic rings. The lowest BCUT2D eigenvalue weighted by molar-refractivity contribution is -0.150. The molecule has 1 aromatic rings. The van der Waals surface area contributed by atoms with Gasteiger partial charge < -0.3 is 10.0 Å². The Morgan fingerprint density at radius 1 is 1.35 bits per heavy atom. The number of carboxylic acids is 1. The number of amides is 1. The normalized spacial score (nSPS) is 17.9. The molecule has 0 atom stereocenters. The number of aryl methyl sites for hydroxylation is 1. The van der Waals surface area contributed by atoms with Crippen molar-refractivity contribution in [2.24, 2.45) is 5.41 Å². The maximum absolute atomic E-state index is 12.4. The first-order valence-corrected chi connectivity index (χ1v) is 6.86. The molecule has 1 aromatic heterocycles. The fourth-order valence-corrected chi connectivity index (χ4v) is 2.60. The third-order valence-corrected chi connectivity index (χ3v) is 4.03. The first-order chi connectivity index (χ1) is 9.32. The van der Waals surface area contributed by atoms with Crippen LogP contribution in [0.2, 0.25) is 5.15 Å². The van der Waals surface area contributed by atoms with Gasteiger partial charge in [-0.3, -0.25) is 9.59 Å². The number of piperidine rings is 1. The van der Waals surface area contributed by atoms with E-state index in [2.05, 4.69) is 4.98 Å². The maximum atomic E-state index is 12.4. The summed E-state index contributed by atoms with van der Waals surface area (Å²) in [6.45, 7) is 4.40. The van der Waals surface area contributed by atoms with E-state index in [0.717, 1.165) is 0 Å². The van der Waals surface area contributed by atoms with Crippen LogP contribution in [0.15, 0.2) is 12.1 Å². The van der Waals surface area contributed by atoms with Crippen LogP contribution in [0.5, 0.6) is 0 Å². The van der Waals surface area contributed by atoms with Gasteiger partial charge in [-0.25, -0.2) is 4.98 Å². The second-order valence-corrected chi connectivity index (χ2v) is 5.87. The van der Waals surface area contributed by atoms with Gasteiger partial charge in [0.2, 0.25) is 0 Å². The van der Waals surface area contributed by atoms with Crippen molar-refractivity contribution in [3.8, 4) is 0 Å². The number of carbonyl (C=O) groups is 2. The molecule has 0 spiro atoms. The third kappa shape index (κ3) is 2.93. The highest BCUT2D eigenvalue weighted by atomic mass is 35.5. The summed E-state index contributed by atoms with van der Waals surface area (Å²) >= 11 is 5.86. The van der Waals surface area contributed by atoms with Gasteiger partial charge in [-0.1, -0.05) is 11.6 Å². The number of carboxylic acid groups (broad SMARTS) is 1. The highest BCUT2D eigenvalue weighted by molar-refractivity contribution is 6.29. The molecule has 0 unspecified atom stereocenters. The number of nitrogens with zero attached hydrogens (tertiary/aromatic N) is 2. The van der Waals surface area contributed by atoms with Crippen LogP contribution in [-0.2, 0) is 4.79 Å². The zero-order valence-electron chi connectivity index (χ0n) is 11.5. The summed E-state index contributed by atoms with van der Waals surface area (Å²) in [5.41, 5.74) is 0.456. The van der Waals surface area contributed by atoms with Crippen molar-refractivity contribution in [2.75, 3.05) is 13.1 Å². The largest absolute Gasteiger partial charge is 0.481 e. The summed E-state index contributed by atoms with van der Waals surface area (Å²) < 4.78 is 0. The maximum Gasteiger partial charge on any atom is 0.309 e. The SMILES string of the molecule is Cc1cc(C(=O)N2CCC(C)(C(=O)O)CC2)cc(Cl)n1. The Labute approximate surface area is 122 Å². The molecule has 0 aliphatic carbocycles. The number of halogens is 1. The quantitative estimate of drug-likeness (QED) is 0.851. The summed E-state index contributed by atoms with van der Waals surface area (Å²) in [5, 5.41) is 9.48. The minimum absolute atomic E-state index is 0.121. The van der Waals surface area contributed by atoms with Gasteiger partial charge in [0.1, 0.15) is 5.15 Å². The monoisotopic (exact) mass is 296 g/mol. The van der Waals surface area contributed by atoms with Gasteiger partial charge in [0.15, 0.2) is 0 Å². The van der Waals surface area contributed by atoms with Gasteiger partial charge in [-0.05, 0) is 38.8 Å². The molecular weight excluding hydrogens is 280 g/mol. The molecule has 2 heterocycles. The Morgan fingerprint density at radius 3 is 2.45 bits per heavy atom. The van der Waals surface area contributed by atoms with Crippen molar-refractivity contribution >= 4 is 23.5 Å². The lowest BCUT2D eigenvalue weighted by Gasteiger charge is -2.36. The standard InChI is InChI=1S/C14H17ClN2O3/c1-9-7-10(8-11(15)16-9)12(18)17-5-3-14(2,4-6-17)13(19)20/h7-8H,3-6H2,1-2H3,(H,19,20).